The number of nitrogens with two attached hydrogens (primary N) is 3. The number of hydrogen-bond donors (Lipinski definition) is 19. The monoisotopic (exact) mass is 2000 g/mol. The number of nitrogens with one attached hydrogen (secondary N) is 15. The zero-order valence-corrected chi connectivity index (χ0v) is 82.6. The largest absolute Gasteiger partial charge is 0.481 e. The number of amides is 17. The molecule has 0 spiro atoms. The maximum atomic E-state index is 15.8. The average Bonchev–Trinajstić information content (AvgIpc) is 1.57. The summed E-state index contributed by atoms with van der Waals surface area (Å²) in [5, 5.41) is 56.2. The molecule has 3 heterocycles. The van der Waals surface area contributed by atoms with Crippen LogP contribution >= 0.6 is 11.8 Å². The first-order valence-corrected chi connectivity index (χ1v) is 49.6. The number of carboxylic acid groups (broad SMARTS) is 1. The second kappa shape index (κ2) is 55.1. The lowest BCUT2D eigenvalue weighted by atomic mass is 9.83. The molecule has 144 heavy (non-hydrogen) atoms. The van der Waals surface area contributed by atoms with Crippen molar-refractivity contribution >= 4 is 130 Å². The number of nitrogens with zero attached hydrogens (tertiary/aromatic N) is 3. The minimum Gasteiger partial charge on any atom is -0.481 e. The van der Waals surface area contributed by atoms with Crippen molar-refractivity contribution in [2.24, 2.45) is 35.0 Å². The zero-order valence-electron chi connectivity index (χ0n) is 81.7. The summed E-state index contributed by atoms with van der Waals surface area (Å²) in [6.07, 6.45) is 0.535. The van der Waals surface area contributed by atoms with Crippen molar-refractivity contribution < 1.29 is 96.1 Å². The number of thioether (sulfide) groups is 1. The molecule has 10 rings (SSSR count). The molecule has 42 heteroatoms. The molecule has 0 radical (unpaired) electrons. The van der Waals surface area contributed by atoms with Crippen LogP contribution in [0.5, 0.6) is 0 Å². The molecule has 772 valence electrons. The molecule has 12 atom stereocenters. The number of carboxylic acids is 1. The summed E-state index contributed by atoms with van der Waals surface area (Å²) in [5.74, 6) is -19.7. The number of aliphatic carboxylic acids is 1. The van der Waals surface area contributed by atoms with Crippen molar-refractivity contribution in [2.45, 2.75) is 203 Å². The lowest BCUT2D eigenvalue weighted by Gasteiger charge is -2.34. The van der Waals surface area contributed by atoms with Gasteiger partial charge in [0, 0.05) is 89.4 Å². The molecule has 6 aromatic rings. The number of primary amides is 2. The van der Waals surface area contributed by atoms with Gasteiger partial charge in [0.2, 0.25) is 100 Å². The molecule has 3 aliphatic heterocycles. The highest BCUT2D eigenvalue weighted by Crippen LogP contribution is 2.30. The maximum Gasteiger partial charge on any atom is 0.305 e. The second-order valence-electron chi connectivity index (χ2n) is 37.4. The molecule has 4 fully saturated rings. The SMILES string of the molecule is CC(=O)Nc1ccc(-c2ccc(C[C@@H]3NC(=O)[C@H](Cc4ccc(-c5ccccc5)cc4)NC(=O)[C@H](CN4CCOCC4)NC(=O)CSC[C@@H](C(=O)NCC(N)=O)NC(=O)[C@H](CC(C)C)NC(=O)[C@H](Cc4cccc(C(N)=O)c4)NC(=O)[C@H](C4CCCCC4)NC(=O)[C@@H]4CCCN4C(=O)[C@H](C(C)C)NC(=O)[C@@H](CCCNC(=N)N)NC(=O)[C@H](CC(=O)O)NC(=O)[C@H](Cc4ccccc4)NC(=O)CN(C)C3=O)cc2)cc1. The fourth-order valence-electron chi connectivity index (χ4n) is 17.6. The Morgan fingerprint density at radius 2 is 1.01 bits per heavy atom. The predicted octanol–water partition coefficient (Wildman–Crippen LogP) is 0.832. The number of fused-ring (bicyclic) bond motifs is 1. The van der Waals surface area contributed by atoms with Crippen LogP contribution in [0, 0.1) is 23.2 Å². The highest BCUT2D eigenvalue weighted by atomic mass is 32.2. The van der Waals surface area contributed by atoms with Gasteiger partial charge in [-0.25, -0.2) is 0 Å². The minimum absolute atomic E-state index is 0.00564. The molecular weight excluding hydrogens is 1870 g/mol. The van der Waals surface area contributed by atoms with Crippen LogP contribution in [0.1, 0.15) is 138 Å². The first-order chi connectivity index (χ1) is 68.8. The van der Waals surface area contributed by atoms with E-state index in [4.69, 9.17) is 27.3 Å². The number of benzene rings is 6. The van der Waals surface area contributed by atoms with Crippen molar-refractivity contribution in [1.29, 1.82) is 5.41 Å². The summed E-state index contributed by atoms with van der Waals surface area (Å²) in [5.41, 5.74) is 22.3. The molecule has 1 aliphatic carbocycles. The Labute approximate surface area is 839 Å². The molecule has 0 unspecified atom stereocenters. The summed E-state index contributed by atoms with van der Waals surface area (Å²) in [6, 6.07) is 25.8. The molecule has 3 saturated heterocycles. The van der Waals surface area contributed by atoms with Gasteiger partial charge in [-0.05, 0) is 131 Å². The molecule has 0 aromatic heterocycles. The summed E-state index contributed by atoms with van der Waals surface area (Å²) in [4.78, 5) is 266. The number of carbonyl (C=O) groups excluding carboxylic acids is 17. The third-order valence-electron chi connectivity index (χ3n) is 25.2. The van der Waals surface area contributed by atoms with Crippen LogP contribution in [0.15, 0.2) is 158 Å². The molecule has 1 saturated carbocycles. The van der Waals surface area contributed by atoms with E-state index in [1.54, 1.807) is 125 Å². The topological polar surface area (TPSA) is 617 Å². The van der Waals surface area contributed by atoms with Crippen molar-refractivity contribution in [3.05, 3.63) is 186 Å². The molecule has 4 aliphatic rings. The molecule has 22 N–H and O–H groups in total. The van der Waals surface area contributed by atoms with Gasteiger partial charge >= 0.3 is 5.97 Å². The van der Waals surface area contributed by atoms with E-state index in [1.165, 1.54) is 37.1 Å². The first kappa shape index (κ1) is 111. The van der Waals surface area contributed by atoms with E-state index >= 15 is 47.9 Å². The van der Waals surface area contributed by atoms with Crippen LogP contribution in [0.3, 0.4) is 0 Å². The lowest BCUT2D eigenvalue weighted by molar-refractivity contribution is -0.144. The first-order valence-electron chi connectivity index (χ1n) is 48.5. The maximum absolute atomic E-state index is 15.8. The van der Waals surface area contributed by atoms with Gasteiger partial charge in [0.05, 0.1) is 38.5 Å². The van der Waals surface area contributed by atoms with Gasteiger partial charge in [-0.15, -0.1) is 11.8 Å². The van der Waals surface area contributed by atoms with E-state index in [1.807, 2.05) is 47.4 Å². The number of rotatable bonds is 27. The third-order valence-corrected chi connectivity index (χ3v) is 26.2. The van der Waals surface area contributed by atoms with Gasteiger partial charge in [0.25, 0.3) is 0 Å². The standard InChI is InChI=1S/C102H133N21O20S/c1-59(2)47-74-92(133)118-81(90(131)108-54-83(103)125)57-144-58-85(127)111-80(55-122-43-45-143-46-44-122)97(138)114-76(50-63-29-33-67(34-30-63)66-22-12-8-13-23-66)95(136)117-79(51-64-31-35-68(36-32-64)69-37-39-72(40-38-69)109-61(5)124)100(141)121(6)56-84(126)110-75(49-62-19-10-7-11-20-62)93(134)115-78(53-86(128)129)96(137)112-73(27-17-41-107-102(105)106)91(132)119-87(60(3)4)101(142)123-42-18-28-82(123)98(139)120-88(70-24-14-9-15-25-70)99(140)116-77(94(135)113-74)52-65-21-16-26-71(48-65)89(104)130/h7-8,10-13,16,19-23,26,29-40,48,59-60,70,73-82,87-88H,9,14-15,17-18,24-25,27-28,41-47,49-58H2,1-6H3,(H2,103,125)(H2,104,130)(H,108,131)(H,109,124)(H,110,126)(H,111,127)(H,112,137)(H,113,135)(H,114,138)(H,115,134)(H,116,140)(H,117,136)(H,118,133)(H,119,132)(H,120,139)(H,128,129)(H4,105,106,107)/t73-,74+,75+,76+,77+,78+,79+,80+,81+,82+,87+,88+/m1/s1. The molecule has 0 bridgehead atoms. The van der Waals surface area contributed by atoms with Crippen LogP contribution in [-0.2, 0) is 112 Å². The van der Waals surface area contributed by atoms with Gasteiger partial charge in [-0.2, -0.15) is 0 Å². The van der Waals surface area contributed by atoms with Crippen LogP contribution in [0.25, 0.3) is 22.3 Å². The summed E-state index contributed by atoms with van der Waals surface area (Å²) >= 11 is 0.816. The predicted molar refractivity (Wildman–Crippen MR) is 537 cm³/mol. The van der Waals surface area contributed by atoms with Crippen LogP contribution in [0.2, 0.25) is 0 Å². The Morgan fingerprint density at radius 1 is 0.500 bits per heavy atom. The number of anilines is 1. The fourth-order valence-corrected chi connectivity index (χ4v) is 18.5. The number of guanidine groups is 1. The minimum atomic E-state index is -2.01. The van der Waals surface area contributed by atoms with Gasteiger partial charge in [-0.1, -0.05) is 180 Å². The number of carbonyl (C=O) groups is 18. The van der Waals surface area contributed by atoms with E-state index in [0.717, 1.165) is 39.8 Å². The number of hydrogen-bond acceptors (Lipinski definition) is 22. The Bertz CT molecular complexity index is 5520. The Morgan fingerprint density at radius 3 is 1.59 bits per heavy atom. The van der Waals surface area contributed by atoms with Crippen molar-refractivity contribution in [3.63, 3.8) is 0 Å². The van der Waals surface area contributed by atoms with Crippen molar-refractivity contribution in [3.8, 4) is 22.3 Å². The van der Waals surface area contributed by atoms with E-state index in [9.17, 15) is 43.5 Å². The van der Waals surface area contributed by atoms with E-state index in [-0.39, 0.29) is 121 Å². The van der Waals surface area contributed by atoms with Gasteiger partial charge in [-0.3, -0.25) is 96.6 Å². The second-order valence-corrected chi connectivity index (χ2v) is 38.4. The third kappa shape index (κ3) is 34.9. The fraction of sp³-hybridized carbons (Fsp3) is 0.461. The number of morpholine rings is 1. The summed E-state index contributed by atoms with van der Waals surface area (Å²) in [6.45, 7) is 7.36. The van der Waals surface area contributed by atoms with Gasteiger partial charge < -0.3 is 111 Å². The zero-order chi connectivity index (χ0) is 104. The highest BCUT2D eigenvalue weighted by Gasteiger charge is 2.44. The summed E-state index contributed by atoms with van der Waals surface area (Å²) < 4.78 is 5.67. The molecule has 6 aromatic carbocycles. The normalized spacial score (nSPS) is 22.9. The smallest absolute Gasteiger partial charge is 0.305 e. The van der Waals surface area contributed by atoms with Crippen LogP contribution in [-0.4, -0.2) is 282 Å². The average molecular weight is 2010 g/mol. The molecular formula is C102H133N21O20S. The quantitative estimate of drug-likeness (QED) is 0.0193. The molecule has 17 amide bonds. The van der Waals surface area contributed by atoms with Crippen molar-refractivity contribution in [1.82, 2.24) is 83.8 Å². The summed E-state index contributed by atoms with van der Waals surface area (Å²) in [7, 11) is 1.26. The van der Waals surface area contributed by atoms with E-state index in [2.05, 4.69) is 74.4 Å². The Hall–Kier alpha value is -14.7. The van der Waals surface area contributed by atoms with Crippen LogP contribution < -0.4 is 91.6 Å². The van der Waals surface area contributed by atoms with Gasteiger partial charge in [0.15, 0.2) is 5.96 Å². The van der Waals surface area contributed by atoms with Crippen LogP contribution in [0.4, 0.5) is 5.69 Å². The highest BCUT2D eigenvalue weighted by molar-refractivity contribution is 8.00. The number of ether oxygens (including phenoxy) is 1. The number of likely N-dealkylation sites (N-methyl/N-ethyl adjacent to an activating group) is 1. The van der Waals surface area contributed by atoms with E-state index < -0.39 is 222 Å². The van der Waals surface area contributed by atoms with E-state index in [0.29, 0.717) is 59.2 Å². The lowest BCUT2D eigenvalue weighted by Crippen LogP contribution is -2.62. The Kier molecular flexibility index (Phi) is 42.6. The Balaban J connectivity index is 1.04. The van der Waals surface area contributed by atoms with Crippen molar-refractivity contribution in [2.75, 3.05) is 82.9 Å². The molecule has 41 nitrogen and oxygen atoms in total. The van der Waals surface area contributed by atoms with Gasteiger partial charge in [0.1, 0.15) is 72.5 Å².